The molecule has 1 heterocycles. The van der Waals surface area contributed by atoms with E-state index >= 15 is 0 Å². The molecule has 0 radical (unpaired) electrons. The lowest BCUT2D eigenvalue weighted by atomic mass is 10.1. The van der Waals surface area contributed by atoms with E-state index in [9.17, 15) is 4.79 Å². The van der Waals surface area contributed by atoms with Crippen LogP contribution in [0.25, 0.3) is 0 Å². The second-order valence-electron chi connectivity index (χ2n) is 4.99. The number of carbonyl (C=O) groups excluding carboxylic acids is 1. The Labute approximate surface area is 123 Å². The maximum Gasteiger partial charge on any atom is 0.260 e. The van der Waals surface area contributed by atoms with Gasteiger partial charge in [-0.05, 0) is 36.8 Å². The minimum absolute atomic E-state index is 0.000156. The van der Waals surface area contributed by atoms with E-state index in [1.165, 1.54) is 0 Å². The van der Waals surface area contributed by atoms with Gasteiger partial charge in [-0.1, -0.05) is 24.3 Å². The molecule has 1 aliphatic heterocycles. The van der Waals surface area contributed by atoms with Crippen molar-refractivity contribution >= 4 is 5.91 Å². The van der Waals surface area contributed by atoms with Gasteiger partial charge in [0.15, 0.2) is 6.23 Å². The van der Waals surface area contributed by atoms with Gasteiger partial charge in [0.05, 0.1) is 12.7 Å². The highest BCUT2D eigenvalue weighted by Crippen LogP contribution is 2.28. The van der Waals surface area contributed by atoms with Crippen LogP contribution in [0.15, 0.2) is 48.5 Å². The average Bonchev–Trinajstić information content (AvgIpc) is 2.52. The van der Waals surface area contributed by atoms with Crippen LogP contribution in [-0.2, 0) is 6.54 Å². The molecule has 0 bridgehead atoms. The zero-order chi connectivity index (χ0) is 14.8. The summed E-state index contributed by atoms with van der Waals surface area (Å²) in [5.74, 6) is 1.46. The van der Waals surface area contributed by atoms with Crippen LogP contribution in [0.4, 0.5) is 0 Å². The quantitative estimate of drug-likeness (QED) is 0.869. The number of methoxy groups -OCH3 is 1. The van der Waals surface area contributed by atoms with Crippen LogP contribution in [0.2, 0.25) is 0 Å². The molecule has 0 fully saturated rings. The standard InChI is InChI=1S/C17H17NO3/c1-12-18(11-13-7-9-14(20-2)10-8-13)17(19)15-5-3-4-6-16(15)21-12/h3-10,12H,11H2,1-2H3. The van der Waals surface area contributed by atoms with Crippen LogP contribution in [0.1, 0.15) is 22.8 Å². The number of para-hydroxylation sites is 1. The van der Waals surface area contributed by atoms with Crippen LogP contribution < -0.4 is 9.47 Å². The minimum atomic E-state index is -0.283. The van der Waals surface area contributed by atoms with Crippen LogP contribution in [0.3, 0.4) is 0 Å². The molecule has 2 aromatic carbocycles. The largest absolute Gasteiger partial charge is 0.497 e. The number of fused-ring (bicyclic) bond motifs is 1. The third kappa shape index (κ3) is 2.57. The normalized spacial score (nSPS) is 17.1. The Kier molecular flexibility index (Phi) is 3.52. The monoisotopic (exact) mass is 283 g/mol. The first-order valence-electron chi connectivity index (χ1n) is 6.88. The second kappa shape index (κ2) is 5.48. The summed E-state index contributed by atoms with van der Waals surface area (Å²) in [6.45, 7) is 2.40. The van der Waals surface area contributed by atoms with Gasteiger partial charge in [-0.15, -0.1) is 0 Å². The molecule has 0 spiro atoms. The molecular formula is C17H17NO3. The molecule has 2 aromatic rings. The molecule has 0 saturated heterocycles. The number of nitrogens with zero attached hydrogens (tertiary/aromatic N) is 1. The fourth-order valence-electron chi connectivity index (χ4n) is 2.44. The van der Waals surface area contributed by atoms with Crippen LogP contribution in [-0.4, -0.2) is 24.1 Å². The predicted octanol–water partition coefficient (Wildman–Crippen LogP) is 3.08. The highest BCUT2D eigenvalue weighted by molar-refractivity contribution is 5.97. The first-order chi connectivity index (χ1) is 10.2. The Hall–Kier alpha value is -2.49. The molecule has 1 aliphatic rings. The first-order valence-corrected chi connectivity index (χ1v) is 6.88. The van der Waals surface area contributed by atoms with Crippen LogP contribution >= 0.6 is 0 Å². The van der Waals surface area contributed by atoms with Gasteiger partial charge in [0.2, 0.25) is 0 Å². The minimum Gasteiger partial charge on any atom is -0.497 e. The van der Waals surface area contributed by atoms with E-state index in [1.54, 1.807) is 18.1 Å². The molecule has 0 saturated carbocycles. The summed E-state index contributed by atoms with van der Waals surface area (Å²) in [5.41, 5.74) is 1.66. The van der Waals surface area contributed by atoms with E-state index in [-0.39, 0.29) is 12.1 Å². The molecule has 108 valence electrons. The average molecular weight is 283 g/mol. The van der Waals surface area contributed by atoms with Crippen molar-refractivity contribution < 1.29 is 14.3 Å². The van der Waals surface area contributed by atoms with Gasteiger partial charge in [0, 0.05) is 6.54 Å². The van der Waals surface area contributed by atoms with Gasteiger partial charge in [-0.2, -0.15) is 0 Å². The molecule has 0 aliphatic carbocycles. The summed E-state index contributed by atoms with van der Waals surface area (Å²) in [6.07, 6.45) is -0.283. The fourth-order valence-corrected chi connectivity index (χ4v) is 2.44. The van der Waals surface area contributed by atoms with Crippen LogP contribution in [0.5, 0.6) is 11.5 Å². The Bertz CT molecular complexity index is 651. The third-order valence-corrected chi connectivity index (χ3v) is 3.63. The molecule has 0 N–H and O–H groups in total. The van der Waals surface area contributed by atoms with Gasteiger partial charge in [-0.3, -0.25) is 9.69 Å². The fraction of sp³-hybridized carbons (Fsp3) is 0.235. The number of carbonyl (C=O) groups is 1. The lowest BCUT2D eigenvalue weighted by molar-refractivity contribution is 0.0147. The van der Waals surface area contributed by atoms with Crippen molar-refractivity contribution in [3.05, 3.63) is 59.7 Å². The third-order valence-electron chi connectivity index (χ3n) is 3.63. The van der Waals surface area contributed by atoms with E-state index < -0.39 is 0 Å². The Morgan fingerprint density at radius 3 is 2.57 bits per heavy atom. The van der Waals surface area contributed by atoms with E-state index in [0.717, 1.165) is 11.3 Å². The molecule has 1 atom stereocenters. The van der Waals surface area contributed by atoms with E-state index in [1.807, 2.05) is 49.4 Å². The van der Waals surface area contributed by atoms with E-state index in [0.29, 0.717) is 17.9 Å². The topological polar surface area (TPSA) is 38.8 Å². The predicted molar refractivity (Wildman–Crippen MR) is 79.4 cm³/mol. The number of rotatable bonds is 3. The van der Waals surface area contributed by atoms with Crippen LogP contribution in [0, 0.1) is 0 Å². The summed E-state index contributed by atoms with van der Waals surface area (Å²) in [7, 11) is 1.63. The molecular weight excluding hydrogens is 266 g/mol. The molecule has 1 amide bonds. The van der Waals surface area contributed by atoms with Crippen molar-refractivity contribution in [2.24, 2.45) is 0 Å². The molecule has 3 rings (SSSR count). The SMILES string of the molecule is COc1ccc(CN2C(=O)c3ccccc3OC2C)cc1. The second-order valence-corrected chi connectivity index (χ2v) is 4.99. The van der Waals surface area contributed by atoms with Crippen molar-refractivity contribution in [1.29, 1.82) is 0 Å². The molecule has 1 unspecified atom stereocenters. The number of hydrogen-bond donors (Lipinski definition) is 0. The summed E-state index contributed by atoms with van der Waals surface area (Å²) < 4.78 is 11.0. The number of ether oxygens (including phenoxy) is 2. The van der Waals surface area contributed by atoms with Crippen molar-refractivity contribution in [2.45, 2.75) is 19.7 Å². The van der Waals surface area contributed by atoms with Crippen molar-refractivity contribution in [1.82, 2.24) is 4.90 Å². The summed E-state index contributed by atoms with van der Waals surface area (Å²) in [6, 6.07) is 15.0. The summed E-state index contributed by atoms with van der Waals surface area (Å²) in [4.78, 5) is 14.3. The van der Waals surface area contributed by atoms with E-state index in [4.69, 9.17) is 9.47 Å². The van der Waals surface area contributed by atoms with Gasteiger partial charge in [0.25, 0.3) is 5.91 Å². The van der Waals surface area contributed by atoms with Crippen molar-refractivity contribution in [2.75, 3.05) is 7.11 Å². The Morgan fingerprint density at radius 2 is 1.86 bits per heavy atom. The van der Waals surface area contributed by atoms with E-state index in [2.05, 4.69) is 0 Å². The molecule has 0 aromatic heterocycles. The lowest BCUT2D eigenvalue weighted by Crippen LogP contribution is -2.45. The van der Waals surface area contributed by atoms with Gasteiger partial charge >= 0.3 is 0 Å². The molecule has 4 nitrogen and oxygen atoms in total. The maximum absolute atomic E-state index is 12.6. The highest BCUT2D eigenvalue weighted by atomic mass is 16.5. The summed E-state index contributed by atoms with van der Waals surface area (Å²) >= 11 is 0. The number of hydrogen-bond acceptors (Lipinski definition) is 3. The van der Waals surface area contributed by atoms with Gasteiger partial charge in [-0.25, -0.2) is 0 Å². The maximum atomic E-state index is 12.6. The van der Waals surface area contributed by atoms with Crippen molar-refractivity contribution in [3.8, 4) is 11.5 Å². The zero-order valence-corrected chi connectivity index (χ0v) is 12.1. The first kappa shape index (κ1) is 13.5. The number of amides is 1. The van der Waals surface area contributed by atoms with Crippen molar-refractivity contribution in [3.63, 3.8) is 0 Å². The lowest BCUT2D eigenvalue weighted by Gasteiger charge is -2.34. The van der Waals surface area contributed by atoms with Gasteiger partial charge < -0.3 is 9.47 Å². The Balaban J connectivity index is 1.83. The smallest absolute Gasteiger partial charge is 0.260 e. The highest BCUT2D eigenvalue weighted by Gasteiger charge is 2.30. The number of benzene rings is 2. The summed E-state index contributed by atoms with van der Waals surface area (Å²) in [5, 5.41) is 0. The zero-order valence-electron chi connectivity index (χ0n) is 12.1. The molecule has 21 heavy (non-hydrogen) atoms. The molecule has 4 heteroatoms. The van der Waals surface area contributed by atoms with Gasteiger partial charge in [0.1, 0.15) is 11.5 Å². The Morgan fingerprint density at radius 1 is 1.14 bits per heavy atom.